The number of benzene rings is 2. The first-order valence-electron chi connectivity index (χ1n) is 9.15. The molecule has 0 fully saturated rings. The van der Waals surface area contributed by atoms with Crippen LogP contribution in [0.5, 0.6) is 11.5 Å². The summed E-state index contributed by atoms with van der Waals surface area (Å²) >= 11 is 0. The van der Waals surface area contributed by atoms with Gasteiger partial charge >= 0.3 is 0 Å². The third-order valence-electron chi connectivity index (χ3n) is 5.57. The standard InChI is InChI=1S/C22H24N2O3/c1-23-13-16(17-6-4-5-7-19(17)23)10-20-18-12-22(27-3)21(26-2)11-15(18)8-9-24(20)14-25/h4-7,11-14,20H,8-10H2,1-3H3/t20-/m0/s1. The third-order valence-corrected chi connectivity index (χ3v) is 5.57. The molecule has 0 radical (unpaired) electrons. The van der Waals surface area contributed by atoms with Crippen molar-refractivity contribution in [2.75, 3.05) is 20.8 Å². The first kappa shape index (κ1) is 17.5. The van der Waals surface area contributed by atoms with Crippen molar-refractivity contribution >= 4 is 17.3 Å². The summed E-state index contributed by atoms with van der Waals surface area (Å²) in [6.45, 7) is 0.710. The molecule has 3 aromatic rings. The molecular weight excluding hydrogens is 340 g/mol. The summed E-state index contributed by atoms with van der Waals surface area (Å²) in [7, 11) is 5.36. The largest absolute Gasteiger partial charge is 0.493 e. The molecule has 0 aliphatic carbocycles. The van der Waals surface area contributed by atoms with E-state index in [-0.39, 0.29) is 6.04 Å². The van der Waals surface area contributed by atoms with Crippen LogP contribution in [0.15, 0.2) is 42.6 Å². The Labute approximate surface area is 159 Å². The zero-order valence-electron chi connectivity index (χ0n) is 15.9. The van der Waals surface area contributed by atoms with E-state index in [0.717, 1.165) is 30.6 Å². The van der Waals surface area contributed by atoms with Crippen LogP contribution in [0, 0.1) is 0 Å². The van der Waals surface area contributed by atoms with Crippen LogP contribution in [-0.4, -0.2) is 36.6 Å². The Morgan fingerprint density at radius 3 is 2.63 bits per heavy atom. The maximum absolute atomic E-state index is 11.8. The number of fused-ring (bicyclic) bond motifs is 2. The molecule has 5 heteroatoms. The molecule has 0 bridgehead atoms. The summed E-state index contributed by atoms with van der Waals surface area (Å²) < 4.78 is 13.1. The number of methoxy groups -OCH3 is 2. The van der Waals surface area contributed by atoms with Crippen molar-refractivity contribution < 1.29 is 14.3 Å². The molecule has 140 valence electrons. The summed E-state index contributed by atoms with van der Waals surface area (Å²) in [5, 5.41) is 1.23. The molecular formula is C22H24N2O3. The van der Waals surface area contributed by atoms with E-state index in [4.69, 9.17) is 9.47 Å². The van der Waals surface area contributed by atoms with Crippen molar-refractivity contribution in [1.29, 1.82) is 0 Å². The monoisotopic (exact) mass is 364 g/mol. The SMILES string of the molecule is COc1cc2c(cc1OC)[C@H](Cc1cn(C)c3ccccc13)N(C=O)CC2. The van der Waals surface area contributed by atoms with Crippen LogP contribution in [0.3, 0.4) is 0 Å². The molecule has 0 unspecified atom stereocenters. The number of amides is 1. The van der Waals surface area contributed by atoms with Gasteiger partial charge in [-0.2, -0.15) is 0 Å². The Morgan fingerprint density at radius 1 is 1.15 bits per heavy atom. The predicted octanol–water partition coefficient (Wildman–Crippen LogP) is 3.49. The van der Waals surface area contributed by atoms with Gasteiger partial charge in [0.05, 0.1) is 20.3 Å². The number of aryl methyl sites for hydroxylation is 1. The summed E-state index contributed by atoms with van der Waals surface area (Å²) in [6.07, 6.45) is 4.72. The van der Waals surface area contributed by atoms with Gasteiger partial charge in [0.25, 0.3) is 0 Å². The zero-order valence-corrected chi connectivity index (χ0v) is 15.9. The molecule has 2 heterocycles. The van der Waals surface area contributed by atoms with Crippen molar-refractivity contribution in [3.63, 3.8) is 0 Å². The Balaban J connectivity index is 1.80. The van der Waals surface area contributed by atoms with Crippen molar-refractivity contribution in [3.05, 3.63) is 59.3 Å². The fourth-order valence-corrected chi connectivity index (χ4v) is 4.20. The van der Waals surface area contributed by atoms with Crippen molar-refractivity contribution in [1.82, 2.24) is 9.47 Å². The van der Waals surface area contributed by atoms with Gasteiger partial charge in [-0.05, 0) is 47.7 Å². The quantitative estimate of drug-likeness (QED) is 0.651. The maximum Gasteiger partial charge on any atom is 0.210 e. The van der Waals surface area contributed by atoms with Crippen LogP contribution in [0.25, 0.3) is 10.9 Å². The Morgan fingerprint density at radius 2 is 1.89 bits per heavy atom. The van der Waals surface area contributed by atoms with Gasteiger partial charge in [-0.1, -0.05) is 18.2 Å². The highest BCUT2D eigenvalue weighted by Gasteiger charge is 2.29. The molecule has 0 spiro atoms. The molecule has 0 saturated carbocycles. The lowest BCUT2D eigenvalue weighted by Crippen LogP contribution is -2.35. The molecule has 2 aromatic carbocycles. The highest BCUT2D eigenvalue weighted by Crippen LogP contribution is 2.39. The van der Waals surface area contributed by atoms with E-state index in [0.29, 0.717) is 12.3 Å². The second-order valence-corrected chi connectivity index (χ2v) is 7.00. The van der Waals surface area contributed by atoms with E-state index < -0.39 is 0 Å². The molecule has 4 rings (SSSR count). The van der Waals surface area contributed by atoms with Gasteiger partial charge in [0.15, 0.2) is 11.5 Å². The summed E-state index contributed by atoms with van der Waals surface area (Å²) in [4.78, 5) is 13.7. The number of hydrogen-bond acceptors (Lipinski definition) is 3. The van der Waals surface area contributed by atoms with E-state index in [1.54, 1.807) is 14.2 Å². The summed E-state index contributed by atoms with van der Waals surface area (Å²) in [5.74, 6) is 1.44. The van der Waals surface area contributed by atoms with Gasteiger partial charge in [-0.15, -0.1) is 0 Å². The van der Waals surface area contributed by atoms with Gasteiger partial charge in [0, 0.05) is 30.7 Å². The van der Waals surface area contributed by atoms with Gasteiger partial charge in [0.1, 0.15) is 0 Å². The lowest BCUT2D eigenvalue weighted by molar-refractivity contribution is -0.120. The number of carbonyl (C=O) groups excluding carboxylic acids is 1. The highest BCUT2D eigenvalue weighted by atomic mass is 16.5. The second-order valence-electron chi connectivity index (χ2n) is 7.00. The smallest absolute Gasteiger partial charge is 0.210 e. The molecule has 27 heavy (non-hydrogen) atoms. The first-order valence-corrected chi connectivity index (χ1v) is 9.15. The van der Waals surface area contributed by atoms with Crippen LogP contribution in [0.4, 0.5) is 0 Å². The normalized spacial score (nSPS) is 16.3. The number of hydrogen-bond donors (Lipinski definition) is 0. The van der Waals surface area contributed by atoms with E-state index in [1.165, 1.54) is 22.0 Å². The van der Waals surface area contributed by atoms with E-state index in [2.05, 4.69) is 42.1 Å². The topological polar surface area (TPSA) is 43.7 Å². The molecule has 0 saturated heterocycles. The van der Waals surface area contributed by atoms with Gasteiger partial charge in [-0.3, -0.25) is 4.79 Å². The van der Waals surface area contributed by atoms with E-state index in [1.807, 2.05) is 17.0 Å². The lowest BCUT2D eigenvalue weighted by Gasteiger charge is -2.35. The minimum atomic E-state index is -0.0168. The Kier molecular flexibility index (Phi) is 4.52. The number of ether oxygens (including phenoxy) is 2. The van der Waals surface area contributed by atoms with Crippen LogP contribution in [-0.2, 0) is 24.7 Å². The number of aromatic nitrogens is 1. The summed E-state index contributed by atoms with van der Waals surface area (Å²) in [5.41, 5.74) is 4.80. The number of rotatable bonds is 5. The molecule has 1 aliphatic heterocycles. The fraction of sp³-hybridized carbons (Fsp3) is 0.318. The zero-order chi connectivity index (χ0) is 19.0. The molecule has 0 N–H and O–H groups in total. The molecule has 1 aromatic heterocycles. The third kappa shape index (κ3) is 2.93. The lowest BCUT2D eigenvalue weighted by atomic mass is 9.88. The molecule has 1 atom stereocenters. The average molecular weight is 364 g/mol. The van der Waals surface area contributed by atoms with Gasteiger partial charge in [0.2, 0.25) is 6.41 Å². The Hall–Kier alpha value is -2.95. The highest BCUT2D eigenvalue weighted by molar-refractivity contribution is 5.84. The van der Waals surface area contributed by atoms with Crippen LogP contribution in [0.1, 0.15) is 22.7 Å². The van der Waals surface area contributed by atoms with Crippen LogP contribution >= 0.6 is 0 Å². The van der Waals surface area contributed by atoms with Crippen molar-refractivity contribution in [2.45, 2.75) is 18.9 Å². The first-order chi connectivity index (χ1) is 13.2. The minimum Gasteiger partial charge on any atom is -0.493 e. The number of carbonyl (C=O) groups is 1. The van der Waals surface area contributed by atoms with Crippen molar-refractivity contribution in [3.8, 4) is 11.5 Å². The second kappa shape index (κ2) is 6.99. The van der Waals surface area contributed by atoms with Crippen molar-refractivity contribution in [2.24, 2.45) is 7.05 Å². The average Bonchev–Trinajstić information content (AvgIpc) is 3.03. The molecule has 1 aliphatic rings. The van der Waals surface area contributed by atoms with Crippen LogP contribution < -0.4 is 9.47 Å². The predicted molar refractivity (Wildman–Crippen MR) is 105 cm³/mol. The van der Waals surface area contributed by atoms with Crippen LogP contribution in [0.2, 0.25) is 0 Å². The number of para-hydroxylation sites is 1. The van der Waals surface area contributed by atoms with E-state index in [9.17, 15) is 4.79 Å². The minimum absolute atomic E-state index is 0.0168. The molecule has 1 amide bonds. The summed E-state index contributed by atoms with van der Waals surface area (Å²) in [6, 6.07) is 12.4. The molecule has 5 nitrogen and oxygen atoms in total. The maximum atomic E-state index is 11.8. The fourth-order valence-electron chi connectivity index (χ4n) is 4.20. The van der Waals surface area contributed by atoms with Gasteiger partial charge < -0.3 is 18.9 Å². The number of nitrogens with zero attached hydrogens (tertiary/aromatic N) is 2. The Bertz CT molecular complexity index is 993. The van der Waals surface area contributed by atoms with E-state index >= 15 is 0 Å². The van der Waals surface area contributed by atoms with Gasteiger partial charge in [-0.25, -0.2) is 0 Å².